The lowest BCUT2D eigenvalue weighted by atomic mass is 9.93. The number of rotatable bonds is 2. The molecule has 2 atom stereocenters. The van der Waals surface area contributed by atoms with Crippen molar-refractivity contribution in [1.82, 2.24) is 10.2 Å². The van der Waals surface area contributed by atoms with Crippen LogP contribution in [0.15, 0.2) is 0 Å². The van der Waals surface area contributed by atoms with E-state index in [0.29, 0.717) is 12.5 Å². The van der Waals surface area contributed by atoms with Gasteiger partial charge in [-0.2, -0.15) is 0 Å². The third-order valence-electron chi connectivity index (χ3n) is 3.14. The van der Waals surface area contributed by atoms with E-state index in [2.05, 4.69) is 31.0 Å². The predicted octanol–water partition coefficient (Wildman–Crippen LogP) is 0.810. The van der Waals surface area contributed by atoms with Gasteiger partial charge in [0.15, 0.2) is 0 Å². The lowest BCUT2D eigenvalue weighted by molar-refractivity contribution is -0.119. The van der Waals surface area contributed by atoms with Crippen LogP contribution in [0.1, 0.15) is 27.2 Å². The quantitative estimate of drug-likeness (QED) is 0.665. The van der Waals surface area contributed by atoms with E-state index in [1.165, 1.54) is 0 Å². The van der Waals surface area contributed by atoms with E-state index in [9.17, 15) is 4.79 Å². The van der Waals surface area contributed by atoms with Gasteiger partial charge in [0.05, 0.1) is 12.2 Å². The van der Waals surface area contributed by atoms with Gasteiger partial charge in [0.1, 0.15) is 0 Å². The largest absolute Gasteiger partial charge is 0.337 e. The van der Waals surface area contributed by atoms with Crippen LogP contribution in [0.4, 0.5) is 0 Å². The fourth-order valence-corrected chi connectivity index (χ4v) is 1.69. The molecule has 1 fully saturated rings. The van der Waals surface area contributed by atoms with E-state index in [-0.39, 0.29) is 11.6 Å². The highest BCUT2D eigenvalue weighted by Crippen LogP contribution is 2.26. The number of amides is 1. The Hall–Kier alpha value is -0.570. The van der Waals surface area contributed by atoms with Crippen molar-refractivity contribution in [2.24, 2.45) is 5.92 Å². The monoisotopic (exact) mass is 170 g/mol. The fraction of sp³-hybridized carbons (Fsp3) is 0.889. The Morgan fingerprint density at radius 2 is 2.33 bits per heavy atom. The minimum atomic E-state index is -0.133. The summed E-state index contributed by atoms with van der Waals surface area (Å²) in [6.07, 6.45) is 1.08. The molecule has 2 unspecified atom stereocenters. The summed E-state index contributed by atoms with van der Waals surface area (Å²) in [5.74, 6) is 0.634. The zero-order valence-corrected chi connectivity index (χ0v) is 8.35. The molecule has 0 bridgehead atoms. The van der Waals surface area contributed by atoms with Crippen molar-refractivity contribution in [3.05, 3.63) is 0 Å². The Balaban J connectivity index is 2.76. The molecule has 0 saturated carbocycles. The third-order valence-corrected chi connectivity index (χ3v) is 3.14. The highest BCUT2D eigenvalue weighted by molar-refractivity contribution is 5.81. The number of hydrogen-bond acceptors (Lipinski definition) is 2. The summed E-state index contributed by atoms with van der Waals surface area (Å²) in [5.41, 5.74) is -0.133. The maximum atomic E-state index is 11.1. The normalized spacial score (nSPS) is 33.5. The molecule has 1 aliphatic rings. The van der Waals surface area contributed by atoms with Gasteiger partial charge >= 0.3 is 0 Å². The maximum Gasteiger partial charge on any atom is 0.235 e. The summed E-state index contributed by atoms with van der Waals surface area (Å²) in [4.78, 5) is 13.2. The second-order valence-corrected chi connectivity index (χ2v) is 3.86. The molecule has 1 amide bonds. The van der Waals surface area contributed by atoms with Crippen LogP contribution in [0, 0.1) is 5.92 Å². The van der Waals surface area contributed by atoms with Gasteiger partial charge < -0.3 is 5.32 Å². The van der Waals surface area contributed by atoms with Crippen LogP contribution in [0.3, 0.4) is 0 Å². The second kappa shape index (κ2) is 3.05. The molecule has 1 heterocycles. The van der Waals surface area contributed by atoms with E-state index in [1.807, 2.05) is 7.05 Å². The molecule has 3 nitrogen and oxygen atoms in total. The average Bonchev–Trinajstić information content (AvgIpc) is 2.26. The first-order chi connectivity index (χ1) is 5.50. The first kappa shape index (κ1) is 9.52. The van der Waals surface area contributed by atoms with Gasteiger partial charge in [-0.05, 0) is 19.9 Å². The lowest BCUT2D eigenvalue weighted by Gasteiger charge is -2.36. The zero-order chi connectivity index (χ0) is 9.35. The molecule has 0 spiro atoms. The van der Waals surface area contributed by atoms with E-state index < -0.39 is 0 Å². The Bertz CT molecular complexity index is 193. The summed E-state index contributed by atoms with van der Waals surface area (Å²) >= 11 is 0. The Morgan fingerprint density at radius 1 is 1.75 bits per heavy atom. The summed E-state index contributed by atoms with van der Waals surface area (Å²) in [5, 5.41) is 3.02. The molecular weight excluding hydrogens is 152 g/mol. The van der Waals surface area contributed by atoms with Crippen LogP contribution in [0.2, 0.25) is 0 Å². The summed E-state index contributed by atoms with van der Waals surface area (Å²) in [7, 11) is 1.99. The Kier molecular flexibility index (Phi) is 2.42. The van der Waals surface area contributed by atoms with Crippen molar-refractivity contribution >= 4 is 5.91 Å². The highest BCUT2D eigenvalue weighted by atomic mass is 16.2. The van der Waals surface area contributed by atoms with Crippen molar-refractivity contribution in [3.63, 3.8) is 0 Å². The number of carbonyl (C=O) groups excluding carboxylic acids is 1. The molecule has 0 aromatic heterocycles. The number of likely N-dealkylation sites (N-methyl/N-ethyl adjacent to an activating group) is 1. The molecule has 70 valence electrons. The molecule has 1 saturated heterocycles. The zero-order valence-electron chi connectivity index (χ0n) is 8.35. The second-order valence-electron chi connectivity index (χ2n) is 3.86. The van der Waals surface area contributed by atoms with Crippen LogP contribution in [0.5, 0.6) is 0 Å². The van der Waals surface area contributed by atoms with Gasteiger partial charge in [-0.25, -0.2) is 0 Å². The van der Waals surface area contributed by atoms with Crippen LogP contribution in [-0.2, 0) is 4.79 Å². The molecule has 0 aromatic rings. The number of hydrogen-bond donors (Lipinski definition) is 1. The topological polar surface area (TPSA) is 32.3 Å². The molecular formula is C9H18N2O. The first-order valence-corrected chi connectivity index (χ1v) is 4.53. The van der Waals surface area contributed by atoms with Crippen molar-refractivity contribution in [3.8, 4) is 0 Å². The van der Waals surface area contributed by atoms with Gasteiger partial charge in [-0.3, -0.25) is 9.69 Å². The number of nitrogens with one attached hydrogen (secondary N) is 1. The molecule has 1 N–H and O–H groups in total. The van der Waals surface area contributed by atoms with E-state index in [0.717, 1.165) is 6.42 Å². The molecule has 1 aliphatic heterocycles. The SMILES string of the molecule is CCC(C)C1(C)NC(=O)CN1C. The fourth-order valence-electron chi connectivity index (χ4n) is 1.69. The van der Waals surface area contributed by atoms with Crippen LogP contribution >= 0.6 is 0 Å². The molecule has 0 aliphatic carbocycles. The first-order valence-electron chi connectivity index (χ1n) is 4.53. The molecule has 1 rings (SSSR count). The predicted molar refractivity (Wildman–Crippen MR) is 48.6 cm³/mol. The minimum absolute atomic E-state index is 0.133. The van der Waals surface area contributed by atoms with Crippen LogP contribution in [0.25, 0.3) is 0 Å². The summed E-state index contributed by atoms with van der Waals surface area (Å²) in [6, 6.07) is 0. The van der Waals surface area contributed by atoms with Gasteiger partial charge in [-0.15, -0.1) is 0 Å². The highest BCUT2D eigenvalue weighted by Gasteiger charge is 2.41. The Morgan fingerprint density at radius 3 is 2.67 bits per heavy atom. The van der Waals surface area contributed by atoms with Gasteiger partial charge in [0.25, 0.3) is 0 Å². The maximum absolute atomic E-state index is 11.1. The summed E-state index contributed by atoms with van der Waals surface area (Å²) in [6.45, 7) is 6.93. The minimum Gasteiger partial charge on any atom is -0.337 e. The van der Waals surface area contributed by atoms with Crippen LogP contribution in [-0.4, -0.2) is 30.1 Å². The standard InChI is InChI=1S/C9H18N2O/c1-5-7(2)9(3)10-8(12)6-11(9)4/h7H,5-6H2,1-4H3,(H,10,12). The van der Waals surface area contributed by atoms with Crippen molar-refractivity contribution in [2.75, 3.05) is 13.6 Å². The molecule has 0 radical (unpaired) electrons. The van der Waals surface area contributed by atoms with Gasteiger partial charge in [-0.1, -0.05) is 20.3 Å². The summed E-state index contributed by atoms with van der Waals surface area (Å²) < 4.78 is 0. The third kappa shape index (κ3) is 1.33. The Labute approximate surface area is 74.1 Å². The van der Waals surface area contributed by atoms with E-state index in [4.69, 9.17) is 0 Å². The number of carbonyl (C=O) groups is 1. The molecule has 3 heteroatoms. The van der Waals surface area contributed by atoms with E-state index >= 15 is 0 Å². The van der Waals surface area contributed by atoms with Crippen molar-refractivity contribution in [1.29, 1.82) is 0 Å². The van der Waals surface area contributed by atoms with Gasteiger partial charge in [0, 0.05) is 0 Å². The molecule has 0 aromatic carbocycles. The van der Waals surface area contributed by atoms with E-state index in [1.54, 1.807) is 0 Å². The van der Waals surface area contributed by atoms with Crippen LogP contribution < -0.4 is 5.32 Å². The average molecular weight is 170 g/mol. The lowest BCUT2D eigenvalue weighted by Crippen LogP contribution is -2.52. The van der Waals surface area contributed by atoms with Crippen molar-refractivity contribution < 1.29 is 4.79 Å². The smallest absolute Gasteiger partial charge is 0.235 e. The van der Waals surface area contributed by atoms with Crippen molar-refractivity contribution in [2.45, 2.75) is 32.9 Å². The number of nitrogens with zero attached hydrogens (tertiary/aromatic N) is 1. The van der Waals surface area contributed by atoms with Gasteiger partial charge in [0.2, 0.25) is 5.91 Å². The molecule has 12 heavy (non-hydrogen) atoms.